The summed E-state index contributed by atoms with van der Waals surface area (Å²) in [7, 11) is 9.78. The SMILES string of the molecule is Cc1cc(C(C)(C)C)c(O)c(C(C)(C)C)c1.Cc1cc(C(C)(C)C)c(O)c(C(C)(C)C)c1.[Cl][Ti][Cl]. The summed E-state index contributed by atoms with van der Waals surface area (Å²) < 4.78 is 0. The van der Waals surface area contributed by atoms with Crippen LogP contribution in [-0.4, -0.2) is 10.2 Å². The normalized spacial score (nSPS) is 12.2. The van der Waals surface area contributed by atoms with Gasteiger partial charge in [-0.1, -0.05) is 118 Å². The molecule has 0 atom stereocenters. The Morgan fingerprint density at radius 1 is 0.486 bits per heavy atom. The Bertz CT molecular complexity index is 820. The molecule has 0 radical (unpaired) electrons. The summed E-state index contributed by atoms with van der Waals surface area (Å²) >= 11 is -0.556. The zero-order chi connectivity index (χ0) is 28.2. The summed E-state index contributed by atoms with van der Waals surface area (Å²) in [6.45, 7) is 29.8. The summed E-state index contributed by atoms with van der Waals surface area (Å²) in [6.07, 6.45) is 0. The van der Waals surface area contributed by atoms with E-state index in [1.165, 1.54) is 11.1 Å². The summed E-state index contributed by atoms with van der Waals surface area (Å²) in [5, 5.41) is 20.8. The molecule has 2 nitrogen and oxygen atoms in total. The van der Waals surface area contributed by atoms with Gasteiger partial charge in [0, 0.05) is 0 Å². The second-order valence-electron chi connectivity index (χ2n) is 13.5. The summed E-state index contributed by atoms with van der Waals surface area (Å²) in [4.78, 5) is 0. The predicted octanol–water partition coefficient (Wildman–Crippen LogP) is 9.97. The molecule has 2 N–H and O–H groups in total. The molecule has 0 spiro atoms. The molecule has 198 valence electrons. The van der Waals surface area contributed by atoms with Gasteiger partial charge in [-0.15, -0.1) is 0 Å². The minimum atomic E-state index is -0.556. The first-order valence-corrected chi connectivity index (χ1v) is 16.4. The predicted molar refractivity (Wildman–Crippen MR) is 152 cm³/mol. The number of rotatable bonds is 0. The average molecular weight is 559 g/mol. The van der Waals surface area contributed by atoms with Gasteiger partial charge in [0.1, 0.15) is 11.5 Å². The summed E-state index contributed by atoms with van der Waals surface area (Å²) in [5.41, 5.74) is 6.52. The average Bonchev–Trinajstić information content (AvgIpc) is 2.62. The van der Waals surface area contributed by atoms with Crippen molar-refractivity contribution in [2.75, 3.05) is 0 Å². The van der Waals surface area contributed by atoms with Crippen molar-refractivity contribution in [3.63, 3.8) is 0 Å². The fourth-order valence-electron chi connectivity index (χ4n) is 3.84. The van der Waals surface area contributed by atoms with Crippen molar-refractivity contribution < 1.29 is 27.2 Å². The number of aromatic hydroxyl groups is 2. The topological polar surface area (TPSA) is 40.5 Å². The van der Waals surface area contributed by atoms with Crippen molar-refractivity contribution in [3.05, 3.63) is 57.6 Å². The number of halogens is 2. The van der Waals surface area contributed by atoms with Gasteiger partial charge < -0.3 is 10.2 Å². The van der Waals surface area contributed by atoms with Crippen LogP contribution in [0.25, 0.3) is 0 Å². The van der Waals surface area contributed by atoms with Gasteiger partial charge in [0.05, 0.1) is 0 Å². The Kier molecular flexibility index (Phi) is 12.5. The van der Waals surface area contributed by atoms with Crippen LogP contribution in [0.2, 0.25) is 0 Å². The molecule has 0 aromatic heterocycles. The number of phenolic OH excluding ortho intramolecular Hbond substituents is 2. The first-order valence-electron chi connectivity index (χ1n) is 12.1. The molecular weight excluding hydrogens is 511 g/mol. The van der Waals surface area contributed by atoms with Crippen LogP contribution in [-0.2, 0) is 38.7 Å². The van der Waals surface area contributed by atoms with Crippen LogP contribution in [0.4, 0.5) is 0 Å². The Hall–Kier alpha value is -0.666. The van der Waals surface area contributed by atoms with Gasteiger partial charge in [0.15, 0.2) is 0 Å². The maximum absolute atomic E-state index is 10.4. The van der Waals surface area contributed by atoms with E-state index in [4.69, 9.17) is 18.6 Å². The standard InChI is InChI=1S/2C15H24O.2ClH.Ti/c2*1-10-8-11(14(2,3)4)13(16)12(9-10)15(5,6)7;;;/h2*8-9,16H,1-7H3;2*1H;/q;;;;+2/p-2. The molecule has 0 saturated carbocycles. The third-order valence-corrected chi connectivity index (χ3v) is 5.74. The molecule has 0 bridgehead atoms. The molecule has 5 heteroatoms. The van der Waals surface area contributed by atoms with E-state index in [0.717, 1.165) is 22.3 Å². The number of hydrogen-bond acceptors (Lipinski definition) is 2. The fourth-order valence-corrected chi connectivity index (χ4v) is 3.84. The van der Waals surface area contributed by atoms with E-state index in [2.05, 4.69) is 121 Å². The molecule has 0 amide bonds. The molecule has 2 aromatic rings. The number of hydrogen-bond donors (Lipinski definition) is 2. The van der Waals surface area contributed by atoms with Gasteiger partial charge in [0.25, 0.3) is 0 Å². The zero-order valence-electron chi connectivity index (χ0n) is 24.5. The molecule has 35 heavy (non-hydrogen) atoms. The molecule has 0 unspecified atom stereocenters. The Morgan fingerprint density at radius 2 is 0.629 bits per heavy atom. The van der Waals surface area contributed by atoms with Crippen molar-refractivity contribution in [2.45, 2.75) is 119 Å². The van der Waals surface area contributed by atoms with Crippen molar-refractivity contribution in [1.82, 2.24) is 0 Å². The van der Waals surface area contributed by atoms with E-state index < -0.39 is 17.0 Å². The maximum atomic E-state index is 10.4. The quantitative estimate of drug-likeness (QED) is 0.316. The molecule has 2 rings (SSSR count). The van der Waals surface area contributed by atoms with Gasteiger partial charge in [-0.25, -0.2) is 0 Å². The zero-order valence-corrected chi connectivity index (χ0v) is 27.5. The van der Waals surface area contributed by atoms with Gasteiger partial charge in [-0.2, -0.15) is 0 Å². The number of aryl methyl sites for hydroxylation is 2. The molecule has 0 aliphatic heterocycles. The van der Waals surface area contributed by atoms with Gasteiger partial charge in [-0.3, -0.25) is 0 Å². The molecule has 2 aromatic carbocycles. The third-order valence-electron chi connectivity index (χ3n) is 5.74. The van der Waals surface area contributed by atoms with Gasteiger partial charge in [0.2, 0.25) is 0 Å². The second-order valence-corrected chi connectivity index (χ2v) is 16.1. The van der Waals surface area contributed by atoms with Gasteiger partial charge >= 0.3 is 35.6 Å². The van der Waals surface area contributed by atoms with Crippen LogP contribution < -0.4 is 0 Å². The minimum absolute atomic E-state index is 0.0178. The van der Waals surface area contributed by atoms with E-state index in [1.807, 2.05) is 0 Å². The van der Waals surface area contributed by atoms with Crippen LogP contribution in [0, 0.1) is 13.8 Å². The Morgan fingerprint density at radius 3 is 0.743 bits per heavy atom. The van der Waals surface area contributed by atoms with E-state index >= 15 is 0 Å². The van der Waals surface area contributed by atoms with Crippen LogP contribution in [0.15, 0.2) is 24.3 Å². The molecular formula is C30H48Cl2O2Ti. The van der Waals surface area contributed by atoms with Crippen molar-refractivity contribution in [1.29, 1.82) is 0 Å². The van der Waals surface area contributed by atoms with Gasteiger partial charge in [-0.05, 0) is 57.8 Å². The van der Waals surface area contributed by atoms with Crippen LogP contribution in [0.3, 0.4) is 0 Å². The van der Waals surface area contributed by atoms with Crippen molar-refractivity contribution in [2.24, 2.45) is 0 Å². The Balaban J connectivity index is 0.000000594. The van der Waals surface area contributed by atoms with Crippen molar-refractivity contribution in [3.8, 4) is 11.5 Å². The van der Waals surface area contributed by atoms with E-state index in [9.17, 15) is 10.2 Å². The Labute approximate surface area is 232 Å². The monoisotopic (exact) mass is 558 g/mol. The second kappa shape index (κ2) is 12.7. The summed E-state index contributed by atoms with van der Waals surface area (Å²) in [6, 6.07) is 8.35. The number of benzene rings is 2. The first kappa shape index (κ1) is 34.3. The van der Waals surface area contributed by atoms with Crippen LogP contribution in [0.5, 0.6) is 11.5 Å². The molecule has 0 aliphatic rings. The number of phenols is 2. The van der Waals surface area contributed by atoms with Crippen molar-refractivity contribution >= 4 is 18.6 Å². The molecule has 0 heterocycles. The fraction of sp³-hybridized carbons (Fsp3) is 0.600. The van der Waals surface area contributed by atoms with Crippen LogP contribution >= 0.6 is 18.6 Å². The molecule has 0 fully saturated rings. The molecule has 0 saturated heterocycles. The van der Waals surface area contributed by atoms with E-state index in [0.29, 0.717) is 11.5 Å². The van der Waals surface area contributed by atoms with Crippen LogP contribution in [0.1, 0.15) is 116 Å². The first-order chi connectivity index (χ1) is 15.5. The summed E-state index contributed by atoms with van der Waals surface area (Å²) in [5.74, 6) is 0.927. The van der Waals surface area contributed by atoms with E-state index in [-0.39, 0.29) is 21.7 Å². The molecule has 0 aliphatic carbocycles. The third kappa shape index (κ3) is 10.7. The van der Waals surface area contributed by atoms with E-state index in [1.54, 1.807) is 0 Å².